The molecule has 1 heterocycles. The summed E-state index contributed by atoms with van der Waals surface area (Å²) in [6.45, 7) is 14.3. The number of carbonyl (C=O) groups excluding carboxylic acids is 4. The molecule has 8 heteroatoms. The lowest BCUT2D eigenvalue weighted by atomic mass is 10.0. The second kappa shape index (κ2) is 13.0. The van der Waals surface area contributed by atoms with Crippen molar-refractivity contribution in [1.29, 1.82) is 0 Å². The molecule has 182 valence electrons. The molecule has 0 spiro atoms. The maximum absolute atomic E-state index is 12.8. The van der Waals surface area contributed by atoms with Gasteiger partial charge in [-0.2, -0.15) is 0 Å². The molecule has 4 amide bonds. The quantitative estimate of drug-likeness (QED) is 0.217. The van der Waals surface area contributed by atoms with Crippen LogP contribution in [-0.2, 0) is 19.2 Å². The van der Waals surface area contributed by atoms with Crippen molar-refractivity contribution in [3.05, 3.63) is 12.2 Å². The summed E-state index contributed by atoms with van der Waals surface area (Å²) in [7, 11) is 0. The van der Waals surface area contributed by atoms with E-state index in [2.05, 4.69) is 25.7 Å². The summed E-state index contributed by atoms with van der Waals surface area (Å²) in [5.74, 6) is -1.01. The number of nitrogens with zero attached hydrogens (tertiary/aromatic N) is 1. The van der Waals surface area contributed by atoms with Gasteiger partial charge in [-0.1, -0.05) is 39.7 Å². The van der Waals surface area contributed by atoms with Crippen LogP contribution in [0.4, 0.5) is 0 Å². The molecule has 1 fully saturated rings. The molecule has 1 unspecified atom stereocenters. The number of nitrogens with one attached hydrogen (secondary N) is 1. The van der Waals surface area contributed by atoms with Crippen LogP contribution in [0.5, 0.6) is 0 Å². The van der Waals surface area contributed by atoms with E-state index >= 15 is 0 Å². The average Bonchev–Trinajstić information content (AvgIpc) is 2.91. The molecule has 1 rings (SSSR count). The van der Waals surface area contributed by atoms with Gasteiger partial charge >= 0.3 is 0 Å². The predicted molar refractivity (Wildman–Crippen MR) is 130 cm³/mol. The van der Waals surface area contributed by atoms with Crippen molar-refractivity contribution in [3.63, 3.8) is 0 Å². The number of allylic oxidation sites excluding steroid dienone is 1. The first kappa shape index (κ1) is 28.2. The highest BCUT2D eigenvalue weighted by Crippen LogP contribution is 2.38. The molecule has 7 nitrogen and oxygen atoms in total. The number of primary amides is 1. The number of hydrogen-bond donors (Lipinski definition) is 2. The maximum atomic E-state index is 12.8. The van der Waals surface area contributed by atoms with E-state index in [1.54, 1.807) is 11.8 Å². The Morgan fingerprint density at radius 1 is 1.19 bits per heavy atom. The van der Waals surface area contributed by atoms with Gasteiger partial charge in [-0.15, -0.1) is 18.3 Å². The minimum absolute atomic E-state index is 0.0643. The molecular weight excluding hydrogens is 426 g/mol. The van der Waals surface area contributed by atoms with Crippen LogP contribution in [0.15, 0.2) is 12.2 Å². The summed E-state index contributed by atoms with van der Waals surface area (Å²) in [5, 5.41) is 2.36. The fourth-order valence-corrected chi connectivity index (χ4v) is 5.27. The Balaban J connectivity index is 2.37. The van der Waals surface area contributed by atoms with Crippen LogP contribution in [0.1, 0.15) is 86.0 Å². The number of hydrogen-bond acceptors (Lipinski definition) is 5. The van der Waals surface area contributed by atoms with Crippen LogP contribution in [0.2, 0.25) is 0 Å². The van der Waals surface area contributed by atoms with E-state index in [4.69, 9.17) is 5.73 Å². The van der Waals surface area contributed by atoms with Crippen LogP contribution < -0.4 is 11.1 Å². The predicted octanol–water partition coefficient (Wildman–Crippen LogP) is 3.56. The molecule has 0 aromatic carbocycles. The lowest BCUT2D eigenvalue weighted by Crippen LogP contribution is -2.47. The van der Waals surface area contributed by atoms with Gasteiger partial charge in [-0.25, -0.2) is 0 Å². The summed E-state index contributed by atoms with van der Waals surface area (Å²) in [4.78, 5) is 49.9. The normalized spacial score (nSPS) is 17.7. The lowest BCUT2D eigenvalue weighted by molar-refractivity contribution is -0.138. The minimum atomic E-state index is -0.665. The summed E-state index contributed by atoms with van der Waals surface area (Å²) < 4.78 is -0.0712. The van der Waals surface area contributed by atoms with Gasteiger partial charge < -0.3 is 11.1 Å². The van der Waals surface area contributed by atoms with E-state index in [0.717, 1.165) is 31.3 Å². The molecule has 0 bridgehead atoms. The number of imide groups is 1. The number of amides is 4. The zero-order valence-electron chi connectivity index (χ0n) is 20.4. The van der Waals surface area contributed by atoms with Crippen molar-refractivity contribution in [2.24, 2.45) is 11.7 Å². The molecule has 0 aromatic rings. The van der Waals surface area contributed by atoms with E-state index in [-0.39, 0.29) is 46.5 Å². The zero-order chi connectivity index (χ0) is 24.5. The van der Waals surface area contributed by atoms with Gasteiger partial charge in [0, 0.05) is 24.1 Å². The van der Waals surface area contributed by atoms with Crippen molar-refractivity contribution >= 4 is 35.4 Å². The van der Waals surface area contributed by atoms with E-state index in [0.29, 0.717) is 19.4 Å². The van der Waals surface area contributed by atoms with Gasteiger partial charge in [0.1, 0.15) is 6.04 Å². The third-order valence-corrected chi connectivity index (χ3v) is 7.12. The largest absolute Gasteiger partial charge is 0.368 e. The topological polar surface area (TPSA) is 110 Å². The number of carbonyl (C=O) groups is 4. The zero-order valence-corrected chi connectivity index (χ0v) is 21.2. The van der Waals surface area contributed by atoms with Gasteiger partial charge in [0.15, 0.2) is 0 Å². The SMILES string of the molecule is C=C(C)CCCC(C)(C)SC1CC(=O)N(CCCCCC(=O)N[C@H](C(N)=O)C(C)C)C1=O. The fourth-order valence-electron chi connectivity index (χ4n) is 3.78. The van der Waals surface area contributed by atoms with Crippen molar-refractivity contribution in [1.82, 2.24) is 10.2 Å². The van der Waals surface area contributed by atoms with Crippen molar-refractivity contribution in [3.8, 4) is 0 Å². The smallest absolute Gasteiger partial charge is 0.242 e. The number of nitrogens with two attached hydrogens (primary N) is 1. The van der Waals surface area contributed by atoms with E-state index < -0.39 is 11.9 Å². The first-order valence-corrected chi connectivity index (χ1v) is 12.5. The molecule has 0 aromatic heterocycles. The highest BCUT2D eigenvalue weighted by atomic mass is 32.2. The molecule has 1 saturated heterocycles. The van der Waals surface area contributed by atoms with E-state index in [1.807, 2.05) is 20.8 Å². The Labute approximate surface area is 197 Å². The second-order valence-electron chi connectivity index (χ2n) is 9.77. The van der Waals surface area contributed by atoms with Crippen LogP contribution in [-0.4, -0.2) is 51.1 Å². The highest BCUT2D eigenvalue weighted by molar-refractivity contribution is 8.02. The van der Waals surface area contributed by atoms with Crippen LogP contribution >= 0.6 is 11.8 Å². The molecule has 32 heavy (non-hydrogen) atoms. The number of likely N-dealkylation sites (tertiary alicyclic amines) is 1. The molecule has 1 aliphatic rings. The highest BCUT2D eigenvalue weighted by Gasteiger charge is 2.41. The van der Waals surface area contributed by atoms with Gasteiger partial charge in [0.05, 0.1) is 5.25 Å². The Bertz CT molecular complexity index is 705. The fraction of sp³-hybridized carbons (Fsp3) is 0.750. The monoisotopic (exact) mass is 467 g/mol. The molecule has 0 radical (unpaired) electrons. The van der Waals surface area contributed by atoms with Crippen molar-refractivity contribution in [2.75, 3.05) is 6.54 Å². The van der Waals surface area contributed by atoms with Crippen LogP contribution in [0.3, 0.4) is 0 Å². The molecular formula is C24H41N3O4S. The second-order valence-corrected chi connectivity index (χ2v) is 11.7. The number of unbranched alkanes of at least 4 members (excludes halogenated alkanes) is 2. The van der Waals surface area contributed by atoms with E-state index in [9.17, 15) is 19.2 Å². The lowest BCUT2D eigenvalue weighted by Gasteiger charge is -2.26. The molecule has 0 aliphatic carbocycles. The summed E-state index contributed by atoms with van der Waals surface area (Å²) >= 11 is 1.60. The maximum Gasteiger partial charge on any atom is 0.242 e. The Hall–Kier alpha value is -1.83. The minimum Gasteiger partial charge on any atom is -0.368 e. The van der Waals surface area contributed by atoms with E-state index in [1.165, 1.54) is 4.90 Å². The average molecular weight is 468 g/mol. The molecule has 0 saturated carbocycles. The van der Waals surface area contributed by atoms with Gasteiger partial charge in [0.2, 0.25) is 23.6 Å². The Kier molecular flexibility index (Phi) is 11.5. The van der Waals surface area contributed by atoms with Crippen molar-refractivity contribution < 1.29 is 19.2 Å². The molecule has 2 atom stereocenters. The standard InChI is InChI=1S/C24H41N3O4S/c1-16(2)11-10-13-24(5,6)32-18-15-20(29)27(23(18)31)14-9-7-8-12-19(28)26-21(17(3)4)22(25)30/h17-18,21H,1,7-15H2,2-6H3,(H2,25,30)(H,26,28)/t18?,21-/m0/s1. The van der Waals surface area contributed by atoms with Crippen LogP contribution in [0.25, 0.3) is 0 Å². The third-order valence-electron chi connectivity index (χ3n) is 5.62. The number of thioether (sulfide) groups is 1. The van der Waals surface area contributed by atoms with Crippen molar-refractivity contribution in [2.45, 2.75) is 102 Å². The first-order valence-electron chi connectivity index (χ1n) is 11.6. The Morgan fingerprint density at radius 3 is 2.41 bits per heavy atom. The summed E-state index contributed by atoms with van der Waals surface area (Å²) in [6.07, 6.45) is 5.53. The summed E-state index contributed by atoms with van der Waals surface area (Å²) in [5.41, 5.74) is 6.48. The summed E-state index contributed by atoms with van der Waals surface area (Å²) in [6, 6.07) is -0.665. The third kappa shape index (κ3) is 9.76. The number of rotatable bonds is 15. The van der Waals surface area contributed by atoms with Gasteiger partial charge in [-0.3, -0.25) is 24.1 Å². The van der Waals surface area contributed by atoms with Gasteiger partial charge in [0.25, 0.3) is 0 Å². The van der Waals surface area contributed by atoms with Crippen LogP contribution in [0, 0.1) is 5.92 Å². The molecule has 3 N–H and O–H groups in total. The first-order chi connectivity index (χ1) is 14.8. The Morgan fingerprint density at radius 2 is 1.84 bits per heavy atom. The van der Waals surface area contributed by atoms with Gasteiger partial charge in [-0.05, 0) is 44.9 Å². The molecule has 1 aliphatic heterocycles.